The lowest BCUT2D eigenvalue weighted by Gasteiger charge is -2.12. The lowest BCUT2D eigenvalue weighted by Crippen LogP contribution is -2.26. The minimum Gasteiger partial charge on any atom is -0.352 e. The van der Waals surface area contributed by atoms with E-state index in [0.717, 1.165) is 12.2 Å². The van der Waals surface area contributed by atoms with Crippen molar-refractivity contribution in [1.82, 2.24) is 14.2 Å². The standard InChI is InChI=1S/C12H19N3O2S/c1-5-7-15(4)18(16,17)12-8-11(9-13-6-2)14(3)10-12/h1,8,10,13H,6-7,9H2,2-4H3. The van der Waals surface area contributed by atoms with Gasteiger partial charge in [-0.3, -0.25) is 0 Å². The topological polar surface area (TPSA) is 54.3 Å². The van der Waals surface area contributed by atoms with E-state index in [1.54, 1.807) is 16.8 Å². The maximum atomic E-state index is 12.2. The third-order valence-electron chi connectivity index (χ3n) is 2.66. The zero-order chi connectivity index (χ0) is 13.8. The van der Waals surface area contributed by atoms with Crippen molar-refractivity contribution in [3.8, 4) is 12.3 Å². The number of rotatable bonds is 6. The summed E-state index contributed by atoms with van der Waals surface area (Å²) in [5, 5.41) is 3.16. The zero-order valence-corrected chi connectivity index (χ0v) is 11.8. The van der Waals surface area contributed by atoms with Crippen LogP contribution in [0.25, 0.3) is 0 Å². The predicted octanol–water partition coefficient (Wildman–Crippen LogP) is 0.388. The average molecular weight is 269 g/mol. The number of nitrogens with one attached hydrogen (secondary N) is 1. The van der Waals surface area contributed by atoms with Gasteiger partial charge in [0, 0.05) is 32.5 Å². The van der Waals surface area contributed by atoms with Crippen LogP contribution in [-0.2, 0) is 23.6 Å². The van der Waals surface area contributed by atoms with E-state index in [1.165, 1.54) is 11.4 Å². The summed E-state index contributed by atoms with van der Waals surface area (Å²) in [7, 11) is -0.181. The van der Waals surface area contributed by atoms with Crippen LogP contribution in [0.15, 0.2) is 17.2 Å². The number of aromatic nitrogens is 1. The Kier molecular flexibility index (Phi) is 4.96. The van der Waals surface area contributed by atoms with Crippen LogP contribution < -0.4 is 5.32 Å². The molecule has 0 saturated carbocycles. The summed E-state index contributed by atoms with van der Waals surface area (Å²) in [5.41, 5.74) is 0.921. The normalized spacial score (nSPS) is 11.7. The number of sulfonamides is 1. The highest BCUT2D eigenvalue weighted by Gasteiger charge is 2.22. The van der Waals surface area contributed by atoms with Crippen LogP contribution in [0.3, 0.4) is 0 Å². The third-order valence-corrected chi connectivity index (χ3v) is 4.43. The molecule has 0 amide bonds. The molecule has 1 aromatic heterocycles. The van der Waals surface area contributed by atoms with Gasteiger partial charge in [-0.15, -0.1) is 6.42 Å². The van der Waals surface area contributed by atoms with Crippen molar-refractivity contribution < 1.29 is 8.42 Å². The van der Waals surface area contributed by atoms with Crippen molar-refractivity contribution in [3.63, 3.8) is 0 Å². The summed E-state index contributed by atoms with van der Waals surface area (Å²) in [4.78, 5) is 0.274. The van der Waals surface area contributed by atoms with Gasteiger partial charge in [-0.1, -0.05) is 12.8 Å². The van der Waals surface area contributed by atoms with Crippen LogP contribution in [-0.4, -0.2) is 37.4 Å². The van der Waals surface area contributed by atoms with Crippen molar-refractivity contribution >= 4 is 10.0 Å². The minimum absolute atomic E-state index is 0.0692. The molecule has 18 heavy (non-hydrogen) atoms. The van der Waals surface area contributed by atoms with Gasteiger partial charge in [0.05, 0.1) is 6.54 Å². The monoisotopic (exact) mass is 269 g/mol. The van der Waals surface area contributed by atoms with Gasteiger partial charge in [0.25, 0.3) is 0 Å². The van der Waals surface area contributed by atoms with Gasteiger partial charge in [-0.05, 0) is 12.6 Å². The Morgan fingerprint density at radius 2 is 2.22 bits per heavy atom. The Bertz CT molecular complexity index is 540. The molecule has 5 nitrogen and oxygen atoms in total. The quantitative estimate of drug-likeness (QED) is 0.760. The Balaban J connectivity index is 3.00. The molecule has 0 radical (unpaired) electrons. The summed E-state index contributed by atoms with van der Waals surface area (Å²) in [5.74, 6) is 2.33. The molecule has 0 atom stereocenters. The molecule has 1 N–H and O–H groups in total. The van der Waals surface area contributed by atoms with E-state index in [0.29, 0.717) is 6.54 Å². The number of terminal acetylenes is 1. The molecule has 6 heteroatoms. The van der Waals surface area contributed by atoms with Gasteiger partial charge in [0.15, 0.2) is 0 Å². The highest BCUT2D eigenvalue weighted by Crippen LogP contribution is 2.17. The fourth-order valence-electron chi connectivity index (χ4n) is 1.54. The molecule has 0 fully saturated rings. The summed E-state index contributed by atoms with van der Waals surface area (Å²) >= 11 is 0. The van der Waals surface area contributed by atoms with Gasteiger partial charge in [-0.25, -0.2) is 8.42 Å². The van der Waals surface area contributed by atoms with E-state index in [-0.39, 0.29) is 11.4 Å². The molecular weight excluding hydrogens is 250 g/mol. The van der Waals surface area contributed by atoms with E-state index < -0.39 is 10.0 Å². The summed E-state index contributed by atoms with van der Waals surface area (Å²) in [6.45, 7) is 3.55. The van der Waals surface area contributed by atoms with Gasteiger partial charge >= 0.3 is 0 Å². The van der Waals surface area contributed by atoms with Crippen molar-refractivity contribution in [2.24, 2.45) is 7.05 Å². The van der Waals surface area contributed by atoms with E-state index >= 15 is 0 Å². The fourth-order valence-corrected chi connectivity index (χ4v) is 2.72. The number of hydrogen-bond donors (Lipinski definition) is 1. The fraction of sp³-hybridized carbons (Fsp3) is 0.500. The molecule has 1 rings (SSSR count). The molecule has 100 valence electrons. The molecule has 0 bridgehead atoms. The average Bonchev–Trinajstić information content (AvgIpc) is 2.69. The second kappa shape index (κ2) is 6.05. The van der Waals surface area contributed by atoms with Crippen LogP contribution in [0.5, 0.6) is 0 Å². The van der Waals surface area contributed by atoms with E-state index in [4.69, 9.17) is 6.42 Å². The minimum atomic E-state index is -3.49. The first-order valence-electron chi connectivity index (χ1n) is 5.69. The highest BCUT2D eigenvalue weighted by molar-refractivity contribution is 7.89. The van der Waals surface area contributed by atoms with Crippen LogP contribution in [0.2, 0.25) is 0 Å². The molecule has 0 aliphatic heterocycles. The smallest absolute Gasteiger partial charge is 0.245 e. The van der Waals surface area contributed by atoms with Crippen LogP contribution in [0.4, 0.5) is 0 Å². The van der Waals surface area contributed by atoms with Gasteiger partial charge in [-0.2, -0.15) is 4.31 Å². The Hall–Kier alpha value is -1.29. The zero-order valence-electron chi connectivity index (χ0n) is 11.0. The van der Waals surface area contributed by atoms with Gasteiger partial charge in [0.2, 0.25) is 10.0 Å². The van der Waals surface area contributed by atoms with Crippen molar-refractivity contribution in [1.29, 1.82) is 0 Å². The van der Waals surface area contributed by atoms with E-state index in [1.807, 2.05) is 14.0 Å². The molecular formula is C12H19N3O2S. The molecule has 0 unspecified atom stereocenters. The SMILES string of the molecule is C#CCN(C)S(=O)(=O)c1cc(CNCC)n(C)c1. The number of aryl methyl sites for hydroxylation is 1. The Morgan fingerprint density at radius 1 is 1.56 bits per heavy atom. The Morgan fingerprint density at radius 3 is 2.78 bits per heavy atom. The van der Waals surface area contributed by atoms with Gasteiger partial charge in [0.1, 0.15) is 4.90 Å². The van der Waals surface area contributed by atoms with Crippen molar-refractivity contribution in [2.75, 3.05) is 20.1 Å². The Labute approximate surface area is 109 Å². The summed E-state index contributed by atoms with van der Waals surface area (Å²) in [6, 6.07) is 1.67. The lowest BCUT2D eigenvalue weighted by molar-refractivity contribution is 0.503. The largest absolute Gasteiger partial charge is 0.352 e. The molecule has 0 spiro atoms. The van der Waals surface area contributed by atoms with Crippen LogP contribution in [0.1, 0.15) is 12.6 Å². The molecule has 0 aliphatic carbocycles. The summed E-state index contributed by atoms with van der Waals surface area (Å²) in [6.07, 6.45) is 6.74. The maximum absolute atomic E-state index is 12.2. The molecule has 0 saturated heterocycles. The second-order valence-corrected chi connectivity index (χ2v) is 6.07. The second-order valence-electron chi connectivity index (χ2n) is 4.02. The highest BCUT2D eigenvalue weighted by atomic mass is 32.2. The molecule has 0 aromatic carbocycles. The van der Waals surface area contributed by atoms with Crippen molar-refractivity contribution in [2.45, 2.75) is 18.4 Å². The van der Waals surface area contributed by atoms with E-state index in [9.17, 15) is 8.42 Å². The van der Waals surface area contributed by atoms with Crippen LogP contribution >= 0.6 is 0 Å². The summed E-state index contributed by atoms with van der Waals surface area (Å²) < 4.78 is 27.3. The van der Waals surface area contributed by atoms with Gasteiger partial charge < -0.3 is 9.88 Å². The maximum Gasteiger partial charge on any atom is 0.245 e. The first kappa shape index (κ1) is 14.8. The third kappa shape index (κ3) is 3.13. The first-order valence-corrected chi connectivity index (χ1v) is 7.13. The first-order chi connectivity index (χ1) is 8.43. The predicted molar refractivity (Wildman–Crippen MR) is 71.4 cm³/mol. The molecule has 1 heterocycles. The van der Waals surface area contributed by atoms with Crippen molar-refractivity contribution in [3.05, 3.63) is 18.0 Å². The molecule has 1 aromatic rings. The van der Waals surface area contributed by atoms with E-state index in [2.05, 4.69) is 11.2 Å². The molecule has 0 aliphatic rings. The lowest BCUT2D eigenvalue weighted by atomic mass is 10.4. The number of nitrogens with zero attached hydrogens (tertiary/aromatic N) is 2. The van der Waals surface area contributed by atoms with Crippen LogP contribution in [0, 0.1) is 12.3 Å². The number of hydrogen-bond acceptors (Lipinski definition) is 3.